The molecule has 68 heavy (non-hydrogen) atoms. The van der Waals surface area contributed by atoms with Crippen molar-refractivity contribution in [3.05, 3.63) is 130 Å². The fourth-order valence-corrected chi connectivity index (χ4v) is 11.5. The van der Waals surface area contributed by atoms with Crippen LogP contribution in [-0.4, -0.2) is 81.7 Å². The smallest absolute Gasteiger partial charge is 0.325 e. The molecule has 3 amide bonds. The third-order valence-corrected chi connectivity index (χ3v) is 14.9. The van der Waals surface area contributed by atoms with Gasteiger partial charge in [-0.25, -0.2) is 25.5 Å². The fourth-order valence-electron chi connectivity index (χ4n) is 8.28. The summed E-state index contributed by atoms with van der Waals surface area (Å²) in [5.41, 5.74) is 18.2. The summed E-state index contributed by atoms with van der Waals surface area (Å²) < 4.78 is 63.8. The summed E-state index contributed by atoms with van der Waals surface area (Å²) >= 11 is 0. The molecule has 1 aromatic heterocycles. The summed E-state index contributed by atoms with van der Waals surface area (Å²) in [5.74, 6) is -3.72. The molecule has 0 aliphatic heterocycles. The van der Waals surface area contributed by atoms with Crippen LogP contribution in [0.3, 0.4) is 0 Å². The van der Waals surface area contributed by atoms with E-state index in [0.717, 1.165) is 16.7 Å². The third kappa shape index (κ3) is 13.1. The summed E-state index contributed by atoms with van der Waals surface area (Å²) in [6.45, 7) is 13.4. The van der Waals surface area contributed by atoms with Crippen molar-refractivity contribution in [3.8, 4) is 0 Å². The van der Waals surface area contributed by atoms with Crippen LogP contribution in [0.15, 0.2) is 99.8 Å². The molecule has 8 N–H and O–H groups in total. The number of ether oxygens (including phenoxy) is 1. The number of sulfonamides is 1. The topological polar surface area (TPSA) is 263 Å². The number of aliphatic imine (C=N–C) groups is 1. The lowest BCUT2D eigenvalue weighted by molar-refractivity contribution is -0.145. The van der Waals surface area contributed by atoms with Gasteiger partial charge in [0, 0.05) is 18.1 Å². The van der Waals surface area contributed by atoms with E-state index in [1.165, 1.54) is 10.2 Å². The van der Waals surface area contributed by atoms with Crippen LogP contribution in [0.2, 0.25) is 0 Å². The van der Waals surface area contributed by atoms with Crippen molar-refractivity contribution < 1.29 is 40.8 Å². The second-order valence-corrected chi connectivity index (χ2v) is 20.8. The zero-order valence-corrected chi connectivity index (χ0v) is 41.3. The van der Waals surface area contributed by atoms with Crippen molar-refractivity contribution in [2.45, 2.75) is 109 Å². The molecular formula is C49H62N8O9S2. The Morgan fingerprint density at radius 1 is 0.750 bits per heavy atom. The van der Waals surface area contributed by atoms with E-state index in [0.29, 0.717) is 38.7 Å². The first-order valence-electron chi connectivity index (χ1n) is 22.2. The predicted molar refractivity (Wildman–Crippen MR) is 261 cm³/mol. The Kier molecular flexibility index (Phi) is 17.3. The van der Waals surface area contributed by atoms with Crippen molar-refractivity contribution in [3.63, 3.8) is 0 Å². The van der Waals surface area contributed by atoms with Gasteiger partial charge in [0.2, 0.25) is 23.7 Å². The van der Waals surface area contributed by atoms with Gasteiger partial charge in [-0.05, 0) is 106 Å². The van der Waals surface area contributed by atoms with Crippen LogP contribution in [0.4, 0.5) is 0 Å². The summed E-state index contributed by atoms with van der Waals surface area (Å²) in [6.07, 6.45) is 1.38. The molecule has 3 atom stereocenters. The quantitative estimate of drug-likeness (QED) is 0.0279. The Hall–Kier alpha value is -6.57. The second-order valence-electron chi connectivity index (χ2n) is 17.4. The number of nitrogens with one attached hydrogen (secondary N) is 4. The van der Waals surface area contributed by atoms with E-state index < -0.39 is 74.3 Å². The number of nitrogens with zero attached hydrogens (tertiary/aromatic N) is 2. The summed E-state index contributed by atoms with van der Waals surface area (Å²) in [6, 6.07) is 19.2. The molecule has 0 aliphatic carbocycles. The van der Waals surface area contributed by atoms with Crippen LogP contribution in [0, 0.1) is 47.5 Å². The minimum absolute atomic E-state index is 0.00500. The van der Waals surface area contributed by atoms with Crippen molar-refractivity contribution in [1.82, 2.24) is 24.6 Å². The first kappa shape index (κ1) is 52.4. The molecule has 0 unspecified atom stereocenters. The Morgan fingerprint density at radius 2 is 1.32 bits per heavy atom. The molecule has 5 aromatic rings. The SMILES string of the molecule is Cc1cc(C)c(S(=O)(=O)NC(N)=NCCC[C@H](NC(=O)[C@@H](N)Cc2cn(S(=O)(=O)c3c(C)cc(C)cc3C)c3ccccc23)C(=O)N[C@H](C(=O)NCC(=O)OCc2ccccc2)C(C)C)c(C)c1. The number of amides is 3. The molecule has 0 fully saturated rings. The molecule has 17 nitrogen and oxygen atoms in total. The number of guanidine groups is 1. The first-order chi connectivity index (χ1) is 32.0. The van der Waals surface area contributed by atoms with Crippen molar-refractivity contribution in [1.29, 1.82) is 0 Å². The molecule has 0 radical (unpaired) electrons. The molecule has 19 heteroatoms. The van der Waals surface area contributed by atoms with Gasteiger partial charge < -0.3 is 32.2 Å². The zero-order chi connectivity index (χ0) is 50.1. The summed E-state index contributed by atoms with van der Waals surface area (Å²) in [7, 11) is -8.20. The van der Waals surface area contributed by atoms with Gasteiger partial charge in [-0.1, -0.05) is 97.8 Å². The highest BCUT2D eigenvalue weighted by Gasteiger charge is 2.31. The molecule has 0 saturated heterocycles. The maximum absolute atomic E-state index is 14.2. The lowest BCUT2D eigenvalue weighted by Gasteiger charge is -2.26. The van der Waals surface area contributed by atoms with Gasteiger partial charge in [0.15, 0.2) is 0 Å². The van der Waals surface area contributed by atoms with E-state index in [1.807, 2.05) is 19.9 Å². The number of aryl methyl sites for hydroxylation is 6. The number of carbonyl (C=O) groups excluding carboxylic acids is 4. The Morgan fingerprint density at radius 3 is 1.93 bits per heavy atom. The van der Waals surface area contributed by atoms with Gasteiger partial charge >= 0.3 is 5.97 Å². The van der Waals surface area contributed by atoms with E-state index in [-0.39, 0.29) is 48.2 Å². The molecule has 0 aliphatic rings. The molecule has 0 saturated carbocycles. The van der Waals surface area contributed by atoms with Crippen LogP contribution in [0.5, 0.6) is 0 Å². The van der Waals surface area contributed by atoms with Gasteiger partial charge in [0.25, 0.3) is 20.0 Å². The number of aromatic nitrogens is 1. The molecule has 0 spiro atoms. The number of benzene rings is 4. The number of para-hydroxylation sites is 1. The predicted octanol–water partition coefficient (Wildman–Crippen LogP) is 4.16. The third-order valence-electron chi connectivity index (χ3n) is 11.2. The average molecular weight is 971 g/mol. The second kappa shape index (κ2) is 22.5. The monoisotopic (exact) mass is 970 g/mol. The van der Waals surface area contributed by atoms with Crippen LogP contribution >= 0.6 is 0 Å². The highest BCUT2D eigenvalue weighted by molar-refractivity contribution is 7.90. The van der Waals surface area contributed by atoms with Crippen molar-refractivity contribution >= 4 is 60.6 Å². The highest BCUT2D eigenvalue weighted by atomic mass is 32.2. The molecule has 1 heterocycles. The zero-order valence-electron chi connectivity index (χ0n) is 39.7. The van der Waals surface area contributed by atoms with Crippen molar-refractivity contribution in [2.24, 2.45) is 22.4 Å². The summed E-state index contributed by atoms with van der Waals surface area (Å²) in [5, 5.41) is 8.47. The first-order valence-corrected chi connectivity index (χ1v) is 25.1. The maximum Gasteiger partial charge on any atom is 0.325 e. The number of nitrogens with two attached hydrogens (primary N) is 2. The van der Waals surface area contributed by atoms with E-state index in [2.05, 4.69) is 25.7 Å². The molecular weight excluding hydrogens is 909 g/mol. The number of carbonyl (C=O) groups is 4. The minimum Gasteiger partial charge on any atom is -0.460 e. The lowest BCUT2D eigenvalue weighted by atomic mass is 10.0. The van der Waals surface area contributed by atoms with E-state index >= 15 is 0 Å². The number of rotatable bonds is 20. The highest BCUT2D eigenvalue weighted by Crippen LogP contribution is 2.30. The number of hydrogen-bond acceptors (Lipinski definition) is 11. The normalized spacial score (nSPS) is 13.4. The van der Waals surface area contributed by atoms with Gasteiger partial charge in [0.05, 0.1) is 21.3 Å². The van der Waals surface area contributed by atoms with Crippen LogP contribution in [0.1, 0.15) is 71.2 Å². The van der Waals surface area contributed by atoms with Gasteiger partial charge in [-0.15, -0.1) is 0 Å². The average Bonchev–Trinajstić information content (AvgIpc) is 3.62. The lowest BCUT2D eigenvalue weighted by Crippen LogP contribution is -2.57. The van der Waals surface area contributed by atoms with Gasteiger partial charge in [0.1, 0.15) is 25.2 Å². The maximum atomic E-state index is 14.2. The van der Waals surface area contributed by atoms with Crippen LogP contribution in [-0.2, 0) is 57.0 Å². The van der Waals surface area contributed by atoms with Gasteiger partial charge in [-0.2, -0.15) is 0 Å². The van der Waals surface area contributed by atoms with E-state index in [9.17, 15) is 36.0 Å². The van der Waals surface area contributed by atoms with Crippen LogP contribution in [0.25, 0.3) is 10.9 Å². The summed E-state index contributed by atoms with van der Waals surface area (Å²) in [4.78, 5) is 58.4. The standard InChI is InChI=1S/C49H62N8O9S2/c1-29(2)43(48(61)53-26-42(58)66-28-36-15-10-9-11-16-36)55-47(60)40(18-14-20-52-49(51)56-67(62,63)44-32(5)21-30(3)22-33(44)6)54-46(59)39(50)25-37-27-57(41-19-13-12-17-38(37)41)68(64,65)45-34(7)23-31(4)24-35(45)8/h9-13,15-17,19,21-24,27,29,39-40,43H,14,18,20,25-26,28,50H2,1-8H3,(H,53,61)(H,54,59)(H,55,60)(H3,51,52,56)/t39-,40-,43-/m0/s1. The largest absolute Gasteiger partial charge is 0.460 e. The van der Waals surface area contributed by atoms with Gasteiger partial charge in [-0.3, -0.25) is 24.2 Å². The minimum atomic E-state index is -4.10. The van der Waals surface area contributed by atoms with Crippen molar-refractivity contribution in [2.75, 3.05) is 13.1 Å². The number of fused-ring (bicyclic) bond motifs is 1. The Labute approximate surface area is 398 Å². The molecule has 4 aromatic carbocycles. The van der Waals surface area contributed by atoms with E-state index in [4.69, 9.17) is 16.2 Å². The van der Waals surface area contributed by atoms with E-state index in [1.54, 1.807) is 114 Å². The van der Waals surface area contributed by atoms with Crippen LogP contribution < -0.4 is 32.1 Å². The Balaban J connectivity index is 1.33. The fraction of sp³-hybridized carbons (Fsp3) is 0.367. The Bertz CT molecular complexity index is 2890. The number of esters is 1. The number of hydrogen-bond donors (Lipinski definition) is 6. The molecule has 364 valence electrons. The molecule has 5 rings (SSSR count). The molecule has 0 bridgehead atoms.